The SMILES string of the molecule is Cc1nccn1-c1ccc(NS(=O)(=O)c2cccc([N+](=O)[O-])c2)cn1. The van der Waals surface area contributed by atoms with Crippen LogP contribution in [0, 0.1) is 17.0 Å². The number of benzene rings is 1. The van der Waals surface area contributed by atoms with Crippen molar-refractivity contribution < 1.29 is 13.3 Å². The Bertz CT molecular complexity index is 1030. The molecule has 0 aliphatic carbocycles. The van der Waals surface area contributed by atoms with Gasteiger partial charge in [-0.15, -0.1) is 0 Å². The predicted octanol–water partition coefficient (Wildman–Crippen LogP) is 2.28. The van der Waals surface area contributed by atoms with Crippen molar-refractivity contribution >= 4 is 21.4 Å². The van der Waals surface area contributed by atoms with Crippen LogP contribution in [0.1, 0.15) is 5.82 Å². The molecule has 2 heterocycles. The van der Waals surface area contributed by atoms with Gasteiger partial charge in [0.1, 0.15) is 11.6 Å². The quantitative estimate of drug-likeness (QED) is 0.551. The molecule has 0 fully saturated rings. The van der Waals surface area contributed by atoms with Crippen molar-refractivity contribution in [1.29, 1.82) is 0 Å². The number of non-ortho nitro benzene ring substituents is 1. The van der Waals surface area contributed by atoms with Gasteiger partial charge in [-0.05, 0) is 25.1 Å². The maximum absolute atomic E-state index is 12.4. The third-order valence-corrected chi connectivity index (χ3v) is 4.79. The maximum Gasteiger partial charge on any atom is 0.270 e. The first-order valence-corrected chi connectivity index (χ1v) is 8.59. The number of hydrogen-bond acceptors (Lipinski definition) is 6. The molecule has 0 saturated carbocycles. The van der Waals surface area contributed by atoms with E-state index in [-0.39, 0.29) is 16.3 Å². The molecular formula is C15H13N5O4S. The Morgan fingerprint density at radius 1 is 1.20 bits per heavy atom. The molecule has 9 nitrogen and oxygen atoms in total. The van der Waals surface area contributed by atoms with E-state index in [4.69, 9.17) is 0 Å². The van der Waals surface area contributed by atoms with Gasteiger partial charge in [-0.1, -0.05) is 6.07 Å². The molecule has 25 heavy (non-hydrogen) atoms. The molecule has 0 amide bonds. The fourth-order valence-electron chi connectivity index (χ4n) is 2.19. The highest BCUT2D eigenvalue weighted by Gasteiger charge is 2.18. The molecule has 0 aliphatic heterocycles. The molecule has 10 heteroatoms. The summed E-state index contributed by atoms with van der Waals surface area (Å²) in [5, 5.41) is 10.8. The highest BCUT2D eigenvalue weighted by atomic mass is 32.2. The number of anilines is 1. The van der Waals surface area contributed by atoms with Crippen LogP contribution in [0.5, 0.6) is 0 Å². The number of nitrogens with one attached hydrogen (secondary N) is 1. The fraction of sp³-hybridized carbons (Fsp3) is 0.0667. The minimum Gasteiger partial charge on any atom is -0.288 e. The van der Waals surface area contributed by atoms with Crippen molar-refractivity contribution in [2.45, 2.75) is 11.8 Å². The molecule has 0 saturated heterocycles. The van der Waals surface area contributed by atoms with E-state index < -0.39 is 14.9 Å². The van der Waals surface area contributed by atoms with Crippen LogP contribution in [-0.2, 0) is 10.0 Å². The zero-order valence-electron chi connectivity index (χ0n) is 13.0. The molecule has 0 radical (unpaired) electrons. The van der Waals surface area contributed by atoms with Gasteiger partial charge in [-0.25, -0.2) is 18.4 Å². The lowest BCUT2D eigenvalue weighted by molar-refractivity contribution is -0.385. The number of hydrogen-bond donors (Lipinski definition) is 1. The molecular weight excluding hydrogens is 346 g/mol. The number of imidazole rings is 1. The van der Waals surface area contributed by atoms with Crippen molar-refractivity contribution in [2.24, 2.45) is 0 Å². The molecule has 128 valence electrons. The summed E-state index contributed by atoms with van der Waals surface area (Å²) in [6.07, 6.45) is 4.74. The number of aryl methyl sites for hydroxylation is 1. The van der Waals surface area contributed by atoms with E-state index in [0.717, 1.165) is 11.9 Å². The van der Waals surface area contributed by atoms with Crippen molar-refractivity contribution in [3.63, 3.8) is 0 Å². The van der Waals surface area contributed by atoms with E-state index in [2.05, 4.69) is 14.7 Å². The second kappa shape index (κ2) is 6.32. The Morgan fingerprint density at radius 2 is 2.00 bits per heavy atom. The van der Waals surface area contributed by atoms with Crippen molar-refractivity contribution in [1.82, 2.24) is 14.5 Å². The molecule has 0 spiro atoms. The second-order valence-electron chi connectivity index (χ2n) is 5.11. The molecule has 1 N–H and O–H groups in total. The Morgan fingerprint density at radius 3 is 2.60 bits per heavy atom. The molecule has 3 rings (SSSR count). The Kier molecular flexibility index (Phi) is 4.19. The predicted molar refractivity (Wildman–Crippen MR) is 90.0 cm³/mol. The van der Waals surface area contributed by atoms with Gasteiger partial charge in [0.15, 0.2) is 0 Å². The summed E-state index contributed by atoms with van der Waals surface area (Å²) in [5.41, 5.74) is -0.0556. The molecule has 0 atom stereocenters. The number of aromatic nitrogens is 3. The van der Waals surface area contributed by atoms with Crippen LogP contribution in [0.25, 0.3) is 5.82 Å². The third-order valence-electron chi connectivity index (χ3n) is 3.41. The van der Waals surface area contributed by atoms with E-state index >= 15 is 0 Å². The number of pyridine rings is 1. The van der Waals surface area contributed by atoms with Gasteiger partial charge in [-0.2, -0.15) is 0 Å². The zero-order valence-corrected chi connectivity index (χ0v) is 13.8. The summed E-state index contributed by atoms with van der Waals surface area (Å²) < 4.78 is 28.8. The van der Waals surface area contributed by atoms with Gasteiger partial charge in [0.2, 0.25) is 0 Å². The van der Waals surface area contributed by atoms with E-state index in [9.17, 15) is 18.5 Å². The first-order valence-electron chi connectivity index (χ1n) is 7.10. The summed E-state index contributed by atoms with van der Waals surface area (Å²) in [6, 6.07) is 8.01. The zero-order chi connectivity index (χ0) is 18.0. The summed E-state index contributed by atoms with van der Waals surface area (Å²) in [7, 11) is -3.96. The van der Waals surface area contributed by atoms with E-state index in [1.54, 1.807) is 29.1 Å². The largest absolute Gasteiger partial charge is 0.288 e. The van der Waals surface area contributed by atoms with Gasteiger partial charge >= 0.3 is 0 Å². The summed E-state index contributed by atoms with van der Waals surface area (Å²) >= 11 is 0. The lowest BCUT2D eigenvalue weighted by atomic mass is 10.3. The first kappa shape index (κ1) is 16.6. The molecule has 1 aromatic carbocycles. The van der Waals surface area contributed by atoms with Gasteiger partial charge < -0.3 is 0 Å². The van der Waals surface area contributed by atoms with E-state index in [1.807, 2.05) is 6.92 Å². The van der Waals surface area contributed by atoms with Gasteiger partial charge in [0, 0.05) is 24.5 Å². The summed E-state index contributed by atoms with van der Waals surface area (Å²) in [5.74, 6) is 1.34. The normalized spacial score (nSPS) is 11.2. The molecule has 0 aliphatic rings. The number of nitro benzene ring substituents is 1. The minimum absolute atomic E-state index is 0.198. The van der Waals surface area contributed by atoms with Crippen LogP contribution in [0.4, 0.5) is 11.4 Å². The van der Waals surface area contributed by atoms with Gasteiger partial charge in [0.05, 0.1) is 21.7 Å². The topological polar surface area (TPSA) is 120 Å². The van der Waals surface area contributed by atoms with Crippen LogP contribution < -0.4 is 4.72 Å². The molecule has 2 aromatic heterocycles. The smallest absolute Gasteiger partial charge is 0.270 e. The van der Waals surface area contributed by atoms with Gasteiger partial charge in [0.25, 0.3) is 15.7 Å². The Labute approximate surface area is 143 Å². The van der Waals surface area contributed by atoms with Crippen LogP contribution in [0.15, 0.2) is 59.9 Å². The van der Waals surface area contributed by atoms with Crippen LogP contribution in [0.2, 0.25) is 0 Å². The second-order valence-corrected chi connectivity index (χ2v) is 6.79. The van der Waals surface area contributed by atoms with Crippen molar-refractivity contribution in [2.75, 3.05) is 4.72 Å². The number of nitrogens with zero attached hydrogens (tertiary/aromatic N) is 4. The summed E-state index contributed by atoms with van der Waals surface area (Å²) in [4.78, 5) is 18.2. The number of rotatable bonds is 5. The van der Waals surface area contributed by atoms with Crippen molar-refractivity contribution in [3.8, 4) is 5.82 Å². The van der Waals surface area contributed by atoms with E-state index in [1.165, 1.54) is 24.4 Å². The highest BCUT2D eigenvalue weighted by molar-refractivity contribution is 7.92. The van der Waals surface area contributed by atoms with Crippen LogP contribution in [0.3, 0.4) is 0 Å². The third kappa shape index (κ3) is 3.48. The standard InChI is InChI=1S/C15H13N5O4S/c1-11-16-7-8-19(11)15-6-5-12(10-17-15)18-25(23,24)14-4-2-3-13(9-14)20(21)22/h2-10,18H,1H3. The lowest BCUT2D eigenvalue weighted by Crippen LogP contribution is -2.13. The van der Waals surface area contributed by atoms with Crippen LogP contribution in [-0.4, -0.2) is 27.9 Å². The summed E-state index contributed by atoms with van der Waals surface area (Å²) in [6.45, 7) is 1.82. The molecule has 0 unspecified atom stereocenters. The monoisotopic (exact) mass is 359 g/mol. The minimum atomic E-state index is -3.96. The van der Waals surface area contributed by atoms with Crippen LogP contribution >= 0.6 is 0 Å². The Hall–Kier alpha value is -3.27. The maximum atomic E-state index is 12.4. The molecule has 0 bridgehead atoms. The Balaban J connectivity index is 1.85. The van der Waals surface area contributed by atoms with E-state index in [0.29, 0.717) is 5.82 Å². The first-order chi connectivity index (χ1) is 11.9. The number of sulfonamides is 1. The lowest BCUT2D eigenvalue weighted by Gasteiger charge is -2.09. The average Bonchev–Trinajstić information content (AvgIpc) is 3.01. The number of nitro groups is 1. The molecule has 3 aromatic rings. The highest BCUT2D eigenvalue weighted by Crippen LogP contribution is 2.20. The van der Waals surface area contributed by atoms with Gasteiger partial charge in [-0.3, -0.25) is 19.4 Å². The van der Waals surface area contributed by atoms with Crippen molar-refractivity contribution in [3.05, 3.63) is 70.9 Å². The fourth-order valence-corrected chi connectivity index (χ4v) is 3.27. The average molecular weight is 359 g/mol.